The molecule has 0 bridgehead atoms. The van der Waals surface area contributed by atoms with Crippen LogP contribution in [0.5, 0.6) is 0 Å². The molecule has 0 radical (unpaired) electrons. The van der Waals surface area contributed by atoms with Crippen LogP contribution in [0.3, 0.4) is 0 Å². The van der Waals surface area contributed by atoms with Gasteiger partial charge in [0.15, 0.2) is 0 Å². The highest BCUT2D eigenvalue weighted by molar-refractivity contribution is 7.89. The number of sulfonamides is 1. The number of nitrogens with one attached hydrogen (secondary N) is 2. The molecule has 6 nitrogen and oxygen atoms in total. The topological polar surface area (TPSA) is 78.5 Å². The van der Waals surface area contributed by atoms with Crippen LogP contribution in [-0.2, 0) is 14.8 Å². The summed E-state index contributed by atoms with van der Waals surface area (Å²) in [5.74, 6) is -0.383. The van der Waals surface area contributed by atoms with Gasteiger partial charge in [-0.05, 0) is 56.7 Å². The lowest BCUT2D eigenvalue weighted by molar-refractivity contribution is -0.122. The molecule has 0 fully saturated rings. The van der Waals surface area contributed by atoms with Crippen molar-refractivity contribution in [1.29, 1.82) is 0 Å². The molecule has 2 N–H and O–H groups in total. The largest absolute Gasteiger partial charge is 0.353 e. The van der Waals surface area contributed by atoms with Gasteiger partial charge in [-0.3, -0.25) is 4.79 Å². The second-order valence-corrected chi connectivity index (χ2v) is 9.17. The number of thiophene rings is 1. The Morgan fingerprint density at radius 1 is 1.23 bits per heavy atom. The number of likely N-dealkylation sites (N-methyl/N-ethyl adjacent to an activating group) is 1. The Hall–Kier alpha value is -1.45. The van der Waals surface area contributed by atoms with E-state index in [-0.39, 0.29) is 16.8 Å². The molecule has 0 saturated carbocycles. The zero-order valence-electron chi connectivity index (χ0n) is 14.8. The number of benzene rings is 1. The van der Waals surface area contributed by atoms with Crippen molar-refractivity contribution in [2.24, 2.45) is 0 Å². The number of hydrogen-bond donors (Lipinski definition) is 2. The SMILES string of the molecule is CC(NS(=O)(=O)c1ccc(Cl)cc1)C(=O)NCC(c1cccs1)N(C)C. The third-order valence-corrected chi connectivity index (χ3v) is 6.60. The number of amides is 1. The van der Waals surface area contributed by atoms with E-state index in [1.54, 1.807) is 11.3 Å². The fourth-order valence-corrected chi connectivity index (χ4v) is 4.59. The zero-order valence-corrected chi connectivity index (χ0v) is 17.2. The highest BCUT2D eigenvalue weighted by Gasteiger charge is 2.23. The van der Waals surface area contributed by atoms with Gasteiger partial charge in [0.1, 0.15) is 0 Å². The molecule has 9 heteroatoms. The molecule has 2 unspecified atom stereocenters. The van der Waals surface area contributed by atoms with Crippen LogP contribution in [0.15, 0.2) is 46.7 Å². The number of halogens is 1. The third-order valence-electron chi connectivity index (χ3n) is 3.81. The van der Waals surface area contributed by atoms with E-state index in [0.29, 0.717) is 11.6 Å². The summed E-state index contributed by atoms with van der Waals surface area (Å²) in [6, 6.07) is 8.87. The molecule has 26 heavy (non-hydrogen) atoms. The van der Waals surface area contributed by atoms with E-state index in [9.17, 15) is 13.2 Å². The Balaban J connectivity index is 1.97. The van der Waals surface area contributed by atoms with Crippen molar-refractivity contribution in [3.63, 3.8) is 0 Å². The smallest absolute Gasteiger partial charge is 0.241 e. The van der Waals surface area contributed by atoms with Crippen LogP contribution in [0, 0.1) is 0 Å². The predicted molar refractivity (Wildman–Crippen MR) is 105 cm³/mol. The fraction of sp³-hybridized carbons (Fsp3) is 0.353. The third kappa shape index (κ3) is 5.52. The second-order valence-electron chi connectivity index (χ2n) is 6.04. The minimum absolute atomic E-state index is 0.0269. The van der Waals surface area contributed by atoms with Crippen molar-refractivity contribution >= 4 is 38.9 Å². The summed E-state index contributed by atoms with van der Waals surface area (Å²) in [6.07, 6.45) is 0. The lowest BCUT2D eigenvalue weighted by Gasteiger charge is -2.24. The van der Waals surface area contributed by atoms with E-state index in [2.05, 4.69) is 10.0 Å². The van der Waals surface area contributed by atoms with E-state index >= 15 is 0 Å². The lowest BCUT2D eigenvalue weighted by atomic mass is 10.2. The van der Waals surface area contributed by atoms with E-state index in [1.165, 1.54) is 31.2 Å². The van der Waals surface area contributed by atoms with Crippen LogP contribution in [0.4, 0.5) is 0 Å². The molecule has 1 heterocycles. The van der Waals surface area contributed by atoms with Crippen LogP contribution in [-0.4, -0.2) is 45.9 Å². The van der Waals surface area contributed by atoms with Gasteiger partial charge in [0.05, 0.1) is 17.0 Å². The van der Waals surface area contributed by atoms with Crippen LogP contribution in [0.1, 0.15) is 17.8 Å². The van der Waals surface area contributed by atoms with Gasteiger partial charge in [0, 0.05) is 16.4 Å². The first-order valence-electron chi connectivity index (χ1n) is 7.96. The summed E-state index contributed by atoms with van der Waals surface area (Å²) in [7, 11) is 0.0703. The van der Waals surface area contributed by atoms with Crippen molar-refractivity contribution in [1.82, 2.24) is 14.9 Å². The maximum absolute atomic E-state index is 12.4. The molecule has 1 aromatic heterocycles. The van der Waals surface area contributed by atoms with Gasteiger partial charge in [-0.15, -0.1) is 11.3 Å². The maximum Gasteiger partial charge on any atom is 0.241 e. The zero-order chi connectivity index (χ0) is 19.3. The molecule has 0 spiro atoms. The summed E-state index contributed by atoms with van der Waals surface area (Å²) in [4.78, 5) is 15.5. The maximum atomic E-state index is 12.4. The van der Waals surface area contributed by atoms with Gasteiger partial charge in [0.25, 0.3) is 0 Å². The summed E-state index contributed by atoms with van der Waals surface area (Å²) in [5.41, 5.74) is 0. The van der Waals surface area contributed by atoms with Gasteiger partial charge in [-0.2, -0.15) is 4.72 Å². The van der Waals surface area contributed by atoms with E-state index in [1.807, 2.05) is 36.5 Å². The first-order valence-corrected chi connectivity index (χ1v) is 10.7. The molecular weight excluding hydrogens is 394 g/mol. The monoisotopic (exact) mass is 415 g/mol. The van der Waals surface area contributed by atoms with Gasteiger partial charge in [-0.25, -0.2) is 8.42 Å². The van der Waals surface area contributed by atoms with E-state index in [0.717, 1.165) is 4.88 Å². The van der Waals surface area contributed by atoms with Gasteiger partial charge >= 0.3 is 0 Å². The van der Waals surface area contributed by atoms with Crippen molar-refractivity contribution in [3.05, 3.63) is 51.7 Å². The summed E-state index contributed by atoms with van der Waals surface area (Å²) in [6.45, 7) is 1.90. The molecule has 2 atom stereocenters. The molecule has 0 aliphatic heterocycles. The summed E-state index contributed by atoms with van der Waals surface area (Å²) >= 11 is 7.39. The van der Waals surface area contributed by atoms with Crippen LogP contribution in [0.2, 0.25) is 5.02 Å². The lowest BCUT2D eigenvalue weighted by Crippen LogP contribution is -2.46. The molecule has 142 valence electrons. The summed E-state index contributed by atoms with van der Waals surface area (Å²) in [5, 5.41) is 5.24. The Labute approximate surface area is 163 Å². The van der Waals surface area contributed by atoms with Crippen molar-refractivity contribution in [3.8, 4) is 0 Å². The minimum atomic E-state index is -3.80. The fourth-order valence-electron chi connectivity index (χ4n) is 2.34. The molecule has 2 aromatic rings. The van der Waals surface area contributed by atoms with Gasteiger partial charge in [-0.1, -0.05) is 17.7 Å². The molecule has 1 aromatic carbocycles. The van der Waals surface area contributed by atoms with Crippen molar-refractivity contribution in [2.45, 2.75) is 23.9 Å². The number of carbonyl (C=O) groups excluding carboxylic acids is 1. The highest BCUT2D eigenvalue weighted by Crippen LogP contribution is 2.22. The first kappa shape index (κ1) is 20.9. The Morgan fingerprint density at radius 2 is 1.88 bits per heavy atom. The number of hydrogen-bond acceptors (Lipinski definition) is 5. The predicted octanol–water partition coefficient (Wildman–Crippen LogP) is 2.49. The Kier molecular flexibility index (Phi) is 7.19. The number of rotatable bonds is 8. The quantitative estimate of drug-likeness (QED) is 0.694. The average Bonchev–Trinajstić information content (AvgIpc) is 3.08. The second kappa shape index (κ2) is 8.96. The van der Waals surface area contributed by atoms with Gasteiger partial charge in [0.2, 0.25) is 15.9 Å². The number of carbonyl (C=O) groups is 1. The first-order chi connectivity index (χ1) is 12.2. The average molecular weight is 416 g/mol. The Morgan fingerprint density at radius 3 is 2.42 bits per heavy atom. The Bertz CT molecular complexity index is 821. The van der Waals surface area contributed by atoms with Crippen LogP contribution < -0.4 is 10.0 Å². The van der Waals surface area contributed by atoms with E-state index < -0.39 is 16.1 Å². The number of nitrogens with zero attached hydrogens (tertiary/aromatic N) is 1. The van der Waals surface area contributed by atoms with Crippen molar-refractivity contribution < 1.29 is 13.2 Å². The molecular formula is C17H22ClN3O3S2. The van der Waals surface area contributed by atoms with Gasteiger partial charge < -0.3 is 10.2 Å². The molecule has 1 amide bonds. The minimum Gasteiger partial charge on any atom is -0.353 e. The molecule has 2 rings (SSSR count). The highest BCUT2D eigenvalue weighted by atomic mass is 35.5. The summed E-state index contributed by atoms with van der Waals surface area (Å²) < 4.78 is 27.1. The molecule has 0 aliphatic rings. The van der Waals surface area contributed by atoms with E-state index in [4.69, 9.17) is 11.6 Å². The van der Waals surface area contributed by atoms with Crippen LogP contribution in [0.25, 0.3) is 0 Å². The van der Waals surface area contributed by atoms with Crippen molar-refractivity contribution in [2.75, 3.05) is 20.6 Å². The molecule has 0 aliphatic carbocycles. The molecule has 0 saturated heterocycles. The van der Waals surface area contributed by atoms with Crippen LogP contribution >= 0.6 is 22.9 Å². The normalized spacial score (nSPS) is 14.2. The standard InChI is InChI=1S/C17H22ClN3O3S2/c1-12(20-26(23,24)14-8-6-13(18)7-9-14)17(22)19-11-15(21(2)3)16-5-4-10-25-16/h4-10,12,15,20H,11H2,1-3H3,(H,19,22).